The standard InChI is InChI=1S/C33H28N4O7S.K.H/c1-4-22-16-25-30(39)36(18-26(38)21-13-14-27(42-2)28(15-21)43-3)33(41)37(31(25)45-22)17-19-9-11-20(12-10-19)23-7-5-6-8-24(23)29-34-32(40)44-35-29;;/h5-16H,4,17-18H2,1-3H3,(H,34,35,40);;. The number of ketones is 1. The third kappa shape index (κ3) is 6.52. The van der Waals surface area contributed by atoms with Gasteiger partial charge in [-0.1, -0.05) is 60.6 Å². The van der Waals surface area contributed by atoms with Gasteiger partial charge in [0, 0.05) is 16.0 Å². The van der Waals surface area contributed by atoms with Crippen molar-refractivity contribution in [3.63, 3.8) is 0 Å². The topological polar surface area (TPSA) is 138 Å². The minimum absolute atomic E-state index is 0. The second-order valence-electron chi connectivity index (χ2n) is 10.2. The van der Waals surface area contributed by atoms with E-state index < -0.39 is 29.3 Å². The zero-order valence-corrected chi connectivity index (χ0v) is 25.5. The number of rotatable bonds is 10. The molecule has 1 N–H and O–H groups in total. The average Bonchev–Trinajstić information content (AvgIpc) is 3.71. The van der Waals surface area contributed by atoms with Crippen LogP contribution in [-0.4, -0.2) is 90.7 Å². The molecule has 0 spiro atoms. The molecule has 11 nitrogen and oxygen atoms in total. The zero-order valence-electron chi connectivity index (χ0n) is 24.7. The summed E-state index contributed by atoms with van der Waals surface area (Å²) in [6.45, 7) is 1.74. The Hall–Kier alpha value is -3.85. The molecule has 0 aliphatic carbocycles. The number of H-pyrrole nitrogens is 1. The first-order valence-electron chi connectivity index (χ1n) is 14.1. The number of benzene rings is 3. The monoisotopic (exact) mass is 664 g/mol. The fourth-order valence-electron chi connectivity index (χ4n) is 5.21. The van der Waals surface area contributed by atoms with Crippen molar-refractivity contribution in [2.75, 3.05) is 14.2 Å². The molecule has 0 aliphatic rings. The summed E-state index contributed by atoms with van der Waals surface area (Å²) in [7, 11) is 2.96. The van der Waals surface area contributed by atoms with E-state index in [1.165, 1.54) is 31.6 Å². The number of Topliss-reactive ketones (excluding diaryl/α,β-unsaturated/α-hetero) is 1. The van der Waals surface area contributed by atoms with Gasteiger partial charge in [0.05, 0.1) is 32.7 Å². The molecular formula is C33H29KN4O7S. The second-order valence-corrected chi connectivity index (χ2v) is 11.3. The Morgan fingerprint density at radius 2 is 1.63 bits per heavy atom. The summed E-state index contributed by atoms with van der Waals surface area (Å²) >= 11 is 1.40. The van der Waals surface area contributed by atoms with Crippen LogP contribution in [0.25, 0.3) is 32.7 Å². The number of nitrogens with one attached hydrogen (secondary N) is 1. The van der Waals surface area contributed by atoms with Crippen LogP contribution in [0.4, 0.5) is 0 Å². The third-order valence-electron chi connectivity index (χ3n) is 7.53. The Morgan fingerprint density at radius 1 is 0.913 bits per heavy atom. The van der Waals surface area contributed by atoms with Crippen LogP contribution in [0.2, 0.25) is 0 Å². The van der Waals surface area contributed by atoms with Gasteiger partial charge in [0.25, 0.3) is 5.56 Å². The van der Waals surface area contributed by atoms with Crippen LogP contribution in [0.15, 0.2) is 91.7 Å². The van der Waals surface area contributed by atoms with Crippen LogP contribution in [0.3, 0.4) is 0 Å². The van der Waals surface area contributed by atoms with Crippen molar-refractivity contribution in [3.8, 4) is 34.0 Å². The second kappa shape index (κ2) is 14.3. The van der Waals surface area contributed by atoms with E-state index in [4.69, 9.17) is 9.47 Å². The van der Waals surface area contributed by atoms with E-state index >= 15 is 0 Å². The summed E-state index contributed by atoms with van der Waals surface area (Å²) in [5, 5.41) is 4.21. The normalized spacial score (nSPS) is 10.9. The van der Waals surface area contributed by atoms with E-state index in [0.29, 0.717) is 39.5 Å². The van der Waals surface area contributed by atoms with Crippen molar-refractivity contribution < 1.29 is 18.8 Å². The van der Waals surface area contributed by atoms with Crippen molar-refractivity contribution in [2.24, 2.45) is 0 Å². The summed E-state index contributed by atoms with van der Waals surface area (Å²) in [6, 6.07) is 21.6. The van der Waals surface area contributed by atoms with Crippen LogP contribution < -0.4 is 26.5 Å². The Bertz CT molecular complexity index is 2230. The molecule has 0 amide bonds. The van der Waals surface area contributed by atoms with E-state index in [0.717, 1.165) is 26.1 Å². The SMILES string of the molecule is CCc1cc2c(=O)n(CC(=O)c3ccc(OC)c(OC)c3)c(=O)n(Cc3ccc(-c4ccccc4-c4noc(=O)[nH]4)cc3)c2s1.[KH]. The fraction of sp³-hybridized carbons (Fsp3) is 0.182. The van der Waals surface area contributed by atoms with Gasteiger partial charge >= 0.3 is 62.8 Å². The van der Waals surface area contributed by atoms with Crippen LogP contribution in [0, 0.1) is 0 Å². The molecule has 3 heterocycles. The van der Waals surface area contributed by atoms with Crippen LogP contribution in [0.1, 0.15) is 27.7 Å². The number of fused-ring (bicyclic) bond motifs is 1. The van der Waals surface area contributed by atoms with Gasteiger partial charge in [0.2, 0.25) is 0 Å². The number of nitrogens with zero attached hydrogens (tertiary/aromatic N) is 3. The minimum atomic E-state index is -0.640. The van der Waals surface area contributed by atoms with Gasteiger partial charge in [-0.25, -0.2) is 9.59 Å². The molecule has 0 fully saturated rings. The molecule has 0 bridgehead atoms. The molecule has 13 heteroatoms. The molecule has 3 aromatic heterocycles. The van der Waals surface area contributed by atoms with E-state index in [9.17, 15) is 19.2 Å². The van der Waals surface area contributed by atoms with Gasteiger partial charge in [-0.3, -0.25) is 28.2 Å². The van der Waals surface area contributed by atoms with Gasteiger partial charge in [-0.15, -0.1) is 11.3 Å². The van der Waals surface area contributed by atoms with Crippen molar-refractivity contribution in [1.82, 2.24) is 19.3 Å². The Balaban J connectivity index is 0.00000417. The summed E-state index contributed by atoms with van der Waals surface area (Å²) in [6.07, 6.45) is 0.697. The predicted molar refractivity (Wildman–Crippen MR) is 178 cm³/mol. The Kier molecular flexibility index (Phi) is 10.4. The molecule has 0 aliphatic heterocycles. The quantitative estimate of drug-likeness (QED) is 0.171. The molecule has 0 atom stereocenters. The van der Waals surface area contributed by atoms with E-state index in [2.05, 4.69) is 14.7 Å². The van der Waals surface area contributed by atoms with Crippen LogP contribution in [-0.2, 0) is 19.5 Å². The summed E-state index contributed by atoms with van der Waals surface area (Å²) < 4.78 is 17.8. The van der Waals surface area contributed by atoms with E-state index in [-0.39, 0.29) is 63.5 Å². The first-order chi connectivity index (χ1) is 21.8. The van der Waals surface area contributed by atoms with Crippen molar-refractivity contribution in [1.29, 1.82) is 0 Å². The van der Waals surface area contributed by atoms with Crippen molar-refractivity contribution in [2.45, 2.75) is 26.4 Å². The zero-order chi connectivity index (χ0) is 31.7. The molecule has 230 valence electrons. The molecule has 0 unspecified atom stereocenters. The molecule has 6 aromatic rings. The maximum absolute atomic E-state index is 13.9. The number of hydrogen-bond donors (Lipinski definition) is 1. The molecule has 0 radical (unpaired) electrons. The summed E-state index contributed by atoms with van der Waals surface area (Å²) in [4.78, 5) is 56.4. The number of aromatic nitrogens is 4. The Labute approximate surface area is 308 Å². The number of aryl methyl sites for hydroxylation is 1. The predicted octanol–water partition coefficient (Wildman–Crippen LogP) is 4.10. The van der Waals surface area contributed by atoms with Gasteiger partial charge in [0.15, 0.2) is 23.1 Å². The fourth-order valence-corrected chi connectivity index (χ4v) is 6.29. The molecular weight excluding hydrogens is 636 g/mol. The maximum atomic E-state index is 13.9. The molecule has 0 saturated carbocycles. The molecule has 6 rings (SSSR count). The Morgan fingerprint density at radius 3 is 2.28 bits per heavy atom. The van der Waals surface area contributed by atoms with Crippen LogP contribution in [0.5, 0.6) is 11.5 Å². The first kappa shape index (κ1) is 33.5. The number of carbonyl (C=O) groups excluding carboxylic acids is 1. The summed E-state index contributed by atoms with van der Waals surface area (Å²) in [5.74, 6) is 0.0993. The van der Waals surface area contributed by atoms with Gasteiger partial charge in [0.1, 0.15) is 4.83 Å². The number of ether oxygens (including phenoxy) is 2. The van der Waals surface area contributed by atoms with Crippen LogP contribution >= 0.6 is 11.3 Å². The average molecular weight is 665 g/mol. The molecule has 3 aromatic carbocycles. The third-order valence-corrected chi connectivity index (χ3v) is 8.83. The molecule has 0 saturated heterocycles. The van der Waals surface area contributed by atoms with Gasteiger partial charge in [-0.05, 0) is 47.4 Å². The van der Waals surface area contributed by atoms with Gasteiger partial charge < -0.3 is 9.47 Å². The van der Waals surface area contributed by atoms with Crippen molar-refractivity contribution in [3.05, 3.63) is 120 Å². The van der Waals surface area contributed by atoms with E-state index in [1.807, 2.05) is 55.5 Å². The summed E-state index contributed by atoms with van der Waals surface area (Å²) in [5.41, 5.74) is 2.43. The first-order valence-corrected chi connectivity index (χ1v) is 14.9. The molecule has 46 heavy (non-hydrogen) atoms. The number of carbonyl (C=O) groups is 1. The van der Waals surface area contributed by atoms with E-state index in [1.54, 1.807) is 22.8 Å². The number of hydrogen-bond acceptors (Lipinski definition) is 9. The number of aromatic amines is 1. The number of methoxy groups -OCH3 is 2. The number of thiophene rings is 1. The van der Waals surface area contributed by atoms with Gasteiger partial charge in [-0.2, -0.15) is 0 Å². The van der Waals surface area contributed by atoms with Crippen molar-refractivity contribution >= 4 is 78.7 Å².